The van der Waals surface area contributed by atoms with E-state index in [-0.39, 0.29) is 75.9 Å². The largest absolute Gasteiger partial charge is 0.481 e. The molecule has 2 saturated heterocycles. The lowest BCUT2D eigenvalue weighted by molar-refractivity contribution is -0.154. The molecule has 2 fully saturated rings. The van der Waals surface area contributed by atoms with Crippen LogP contribution in [0.5, 0.6) is 5.75 Å². The van der Waals surface area contributed by atoms with Crippen LogP contribution in [0.1, 0.15) is 79.0 Å². The van der Waals surface area contributed by atoms with E-state index >= 15 is 0 Å². The number of pyridine rings is 1. The van der Waals surface area contributed by atoms with Gasteiger partial charge in [0.15, 0.2) is 0 Å². The molecule has 5 rings (SSSR count). The smallest absolute Gasteiger partial charge is 0.425 e. The molecule has 1 N–H and O–H groups in total. The van der Waals surface area contributed by atoms with Crippen LogP contribution in [-0.4, -0.2) is 58.1 Å². The number of alkyl halides is 6. The number of ether oxygens (including phenoxy) is 1. The van der Waals surface area contributed by atoms with Crippen molar-refractivity contribution in [3.63, 3.8) is 0 Å². The first-order chi connectivity index (χ1) is 24.5. The third-order valence-corrected chi connectivity index (χ3v) is 10.9. The SMILES string of the molecule is CCC[C@H]1N(c2nccc(C)c2C(F)(F)F)CCC[C@@]1(Oc1csc(C(F)(F)F)c1)C(=O)N1CCC(C#N)(c2cc(F)ccc2CCC(=O)O)CC1. The molecule has 0 spiro atoms. The molecule has 2 aromatic heterocycles. The fourth-order valence-electron chi connectivity index (χ4n) is 7.51. The number of amides is 1. The fourth-order valence-corrected chi connectivity index (χ4v) is 8.19. The maximum atomic E-state index is 14.9. The Balaban J connectivity index is 1.56. The van der Waals surface area contributed by atoms with Gasteiger partial charge in [-0.3, -0.25) is 9.59 Å². The number of halogens is 7. The first-order valence-electron chi connectivity index (χ1n) is 16.8. The maximum Gasteiger partial charge on any atom is 0.425 e. The summed E-state index contributed by atoms with van der Waals surface area (Å²) < 4.78 is 105. The van der Waals surface area contributed by atoms with Gasteiger partial charge < -0.3 is 19.6 Å². The van der Waals surface area contributed by atoms with Crippen LogP contribution in [0, 0.1) is 24.1 Å². The average Bonchev–Trinajstić information content (AvgIpc) is 3.57. The number of nitrogens with zero attached hydrogens (tertiary/aromatic N) is 4. The summed E-state index contributed by atoms with van der Waals surface area (Å²) in [6.07, 6.45) is -7.87. The molecule has 0 aliphatic carbocycles. The van der Waals surface area contributed by atoms with Gasteiger partial charge in [0, 0.05) is 50.1 Å². The van der Waals surface area contributed by atoms with E-state index in [1.54, 1.807) is 6.92 Å². The number of aliphatic carboxylic acids is 1. The van der Waals surface area contributed by atoms with Gasteiger partial charge in [0.05, 0.1) is 17.5 Å². The summed E-state index contributed by atoms with van der Waals surface area (Å²) in [6.45, 7) is 2.99. The third-order valence-electron chi connectivity index (χ3n) is 9.95. The topological polar surface area (TPSA) is 107 Å². The molecule has 0 saturated carbocycles. The third kappa shape index (κ3) is 7.69. The van der Waals surface area contributed by atoms with Gasteiger partial charge in [-0.1, -0.05) is 19.4 Å². The van der Waals surface area contributed by atoms with Crippen LogP contribution >= 0.6 is 11.3 Å². The molecule has 2 aliphatic heterocycles. The minimum Gasteiger partial charge on any atom is -0.481 e. The highest BCUT2D eigenvalue weighted by Gasteiger charge is 2.56. The fraction of sp³-hybridized carbons (Fsp3) is 0.500. The van der Waals surface area contributed by atoms with Crippen LogP contribution in [0.15, 0.2) is 41.9 Å². The van der Waals surface area contributed by atoms with E-state index in [1.165, 1.54) is 47.2 Å². The molecule has 0 unspecified atom stereocenters. The minimum absolute atomic E-state index is 0.00529. The number of carbonyl (C=O) groups is 2. The molecule has 3 aromatic rings. The van der Waals surface area contributed by atoms with Crippen molar-refractivity contribution in [2.45, 2.75) is 94.6 Å². The number of piperidine rings is 2. The number of thiophene rings is 1. The first kappa shape index (κ1) is 38.8. The van der Waals surface area contributed by atoms with Crippen LogP contribution in [0.2, 0.25) is 0 Å². The first-order valence-corrected chi connectivity index (χ1v) is 17.7. The van der Waals surface area contributed by atoms with E-state index in [4.69, 9.17) is 4.74 Å². The van der Waals surface area contributed by atoms with Crippen LogP contribution in [0.4, 0.5) is 36.6 Å². The van der Waals surface area contributed by atoms with E-state index in [1.807, 2.05) is 0 Å². The molecule has 1 amide bonds. The van der Waals surface area contributed by atoms with Crippen molar-refractivity contribution in [1.29, 1.82) is 5.26 Å². The van der Waals surface area contributed by atoms with Gasteiger partial charge in [0.1, 0.15) is 27.8 Å². The summed E-state index contributed by atoms with van der Waals surface area (Å²) in [6, 6.07) is 6.98. The number of hydrogen-bond donors (Lipinski definition) is 1. The zero-order valence-corrected chi connectivity index (χ0v) is 29.2. The standard InChI is InChI=1S/C36H37F7N4O4S/c1-3-5-27-34(51-25-19-28(52-20-25)35(38,39)40,11-4-15-47(27)31-30(36(41,42)43)22(2)10-14-45-31)32(50)46-16-12-33(21-44,13-17-46)26-18-24(37)8-6-23(26)7-9-29(48)49/h6,8,10,14,18-20,27H,3-5,7,9,11-13,15-17H2,1-2H3,(H,48,49)/t27-,34+/m1/s1. The molecule has 0 bridgehead atoms. The summed E-state index contributed by atoms with van der Waals surface area (Å²) >= 11 is 0.366. The second-order valence-electron chi connectivity index (χ2n) is 13.2. The minimum atomic E-state index is -4.81. The zero-order chi connectivity index (χ0) is 38.1. The number of aryl methyl sites for hydroxylation is 2. The highest BCUT2D eigenvalue weighted by atomic mass is 32.1. The Morgan fingerprint density at radius 2 is 1.79 bits per heavy atom. The lowest BCUT2D eigenvalue weighted by atomic mass is 9.71. The number of carboxylic acids is 1. The quantitative estimate of drug-likeness (QED) is 0.208. The Hall–Kier alpha value is -4.39. The lowest BCUT2D eigenvalue weighted by Crippen LogP contribution is -2.68. The Bertz CT molecular complexity index is 1830. The van der Waals surface area contributed by atoms with Crippen LogP contribution in [0.3, 0.4) is 0 Å². The van der Waals surface area contributed by atoms with E-state index < -0.39 is 63.4 Å². The normalized spacial score (nSPS) is 20.7. The van der Waals surface area contributed by atoms with E-state index in [0.717, 1.165) is 11.4 Å². The van der Waals surface area contributed by atoms with Crippen molar-refractivity contribution in [3.05, 3.63) is 74.9 Å². The number of rotatable bonds is 10. The van der Waals surface area contributed by atoms with Gasteiger partial charge in [-0.05, 0) is 73.9 Å². The number of anilines is 1. The number of nitriles is 1. The van der Waals surface area contributed by atoms with E-state index in [2.05, 4.69) is 11.1 Å². The predicted molar refractivity (Wildman–Crippen MR) is 177 cm³/mol. The van der Waals surface area contributed by atoms with Crippen molar-refractivity contribution < 1.29 is 50.2 Å². The summed E-state index contributed by atoms with van der Waals surface area (Å²) in [5, 5.41) is 20.8. The van der Waals surface area contributed by atoms with Crippen molar-refractivity contribution in [2.24, 2.45) is 0 Å². The van der Waals surface area contributed by atoms with Gasteiger partial charge in [-0.15, -0.1) is 11.3 Å². The van der Waals surface area contributed by atoms with Crippen molar-refractivity contribution in [1.82, 2.24) is 9.88 Å². The van der Waals surface area contributed by atoms with Crippen LogP contribution < -0.4 is 9.64 Å². The van der Waals surface area contributed by atoms with Crippen LogP contribution in [0.25, 0.3) is 0 Å². The van der Waals surface area contributed by atoms with Gasteiger partial charge in [-0.2, -0.15) is 31.6 Å². The number of benzene rings is 1. The van der Waals surface area contributed by atoms with Crippen molar-refractivity contribution in [2.75, 3.05) is 24.5 Å². The molecule has 16 heteroatoms. The second-order valence-corrected chi connectivity index (χ2v) is 14.2. The molecule has 1 aromatic carbocycles. The predicted octanol–water partition coefficient (Wildman–Crippen LogP) is 8.32. The number of aromatic nitrogens is 1. The van der Waals surface area contributed by atoms with Gasteiger partial charge in [0.2, 0.25) is 5.60 Å². The second kappa shape index (κ2) is 14.9. The monoisotopic (exact) mass is 754 g/mol. The van der Waals surface area contributed by atoms with Gasteiger partial charge >= 0.3 is 18.3 Å². The Labute approximate surface area is 299 Å². The molecule has 52 heavy (non-hydrogen) atoms. The Kier molecular flexibility index (Phi) is 11.1. The molecule has 8 nitrogen and oxygen atoms in total. The summed E-state index contributed by atoms with van der Waals surface area (Å²) in [7, 11) is 0. The van der Waals surface area contributed by atoms with Crippen molar-refractivity contribution >= 4 is 29.0 Å². The van der Waals surface area contributed by atoms with Gasteiger partial charge in [-0.25, -0.2) is 9.37 Å². The molecular formula is C36H37F7N4O4S. The van der Waals surface area contributed by atoms with Crippen LogP contribution in [-0.2, 0) is 33.8 Å². The average molecular weight is 755 g/mol. The molecular weight excluding hydrogens is 717 g/mol. The van der Waals surface area contributed by atoms with E-state index in [9.17, 15) is 50.7 Å². The number of carboxylic acid groups (broad SMARTS) is 1. The molecule has 0 radical (unpaired) electrons. The molecule has 2 aliphatic rings. The molecule has 2 atom stereocenters. The lowest BCUT2D eigenvalue weighted by Gasteiger charge is -2.51. The summed E-state index contributed by atoms with van der Waals surface area (Å²) in [4.78, 5) is 32.2. The number of carbonyl (C=O) groups excluding carboxylic acids is 1. The number of likely N-dealkylation sites (tertiary alicyclic amines) is 1. The molecule has 4 heterocycles. The highest BCUT2D eigenvalue weighted by molar-refractivity contribution is 7.10. The maximum absolute atomic E-state index is 14.9. The zero-order valence-electron chi connectivity index (χ0n) is 28.4. The summed E-state index contributed by atoms with van der Waals surface area (Å²) in [5.74, 6) is -3.03. The molecule has 280 valence electrons. The van der Waals surface area contributed by atoms with Gasteiger partial charge in [0.25, 0.3) is 5.91 Å². The van der Waals surface area contributed by atoms with Crippen molar-refractivity contribution in [3.8, 4) is 11.8 Å². The number of hydrogen-bond acceptors (Lipinski definition) is 7. The Morgan fingerprint density at radius 3 is 2.38 bits per heavy atom. The summed E-state index contributed by atoms with van der Waals surface area (Å²) in [5.41, 5.74) is -3.55. The highest BCUT2D eigenvalue weighted by Crippen LogP contribution is 2.46. The van der Waals surface area contributed by atoms with E-state index in [0.29, 0.717) is 28.9 Å². The Morgan fingerprint density at radius 1 is 1.08 bits per heavy atom.